The van der Waals surface area contributed by atoms with Gasteiger partial charge in [0.05, 0.1) is 18.4 Å². The molecule has 1 aliphatic rings. The van der Waals surface area contributed by atoms with E-state index < -0.39 is 41.4 Å². The van der Waals surface area contributed by atoms with E-state index in [1.54, 1.807) is 0 Å². The average molecular weight is 502 g/mol. The first-order valence-corrected chi connectivity index (χ1v) is 9.34. The van der Waals surface area contributed by atoms with E-state index in [9.17, 15) is 35.9 Å². The molecule has 0 saturated heterocycles. The van der Waals surface area contributed by atoms with Crippen LogP contribution >= 0.6 is 12.4 Å². The van der Waals surface area contributed by atoms with Crippen LogP contribution in [0.15, 0.2) is 18.3 Å². The van der Waals surface area contributed by atoms with Gasteiger partial charge in [0, 0.05) is 38.5 Å². The Bertz CT molecular complexity index is 994. The molecule has 3 rings (SSSR count). The number of amides is 2. The third-order valence-electron chi connectivity index (χ3n) is 4.50. The summed E-state index contributed by atoms with van der Waals surface area (Å²) in [5, 5.41) is 0. The van der Waals surface area contributed by atoms with Gasteiger partial charge in [-0.1, -0.05) is 0 Å². The van der Waals surface area contributed by atoms with Gasteiger partial charge in [0.2, 0.25) is 17.6 Å². The molecule has 1 aliphatic heterocycles. The van der Waals surface area contributed by atoms with Crippen molar-refractivity contribution in [1.82, 2.24) is 14.5 Å². The lowest BCUT2D eigenvalue weighted by Gasteiger charge is -2.30. The maximum atomic E-state index is 13.7. The van der Waals surface area contributed by atoms with Gasteiger partial charge in [-0.15, -0.1) is 12.4 Å². The molecule has 1 aromatic carbocycles. The van der Waals surface area contributed by atoms with Gasteiger partial charge in [0.25, 0.3) is 0 Å². The van der Waals surface area contributed by atoms with Gasteiger partial charge in [-0.2, -0.15) is 13.2 Å². The number of carbonyl (C=O) groups excluding carboxylic acids is 2. The summed E-state index contributed by atoms with van der Waals surface area (Å²) in [6, 6.07) is 0.223. The van der Waals surface area contributed by atoms with Crippen molar-refractivity contribution in [2.45, 2.75) is 45.1 Å². The number of hydrogen-bond acceptors (Lipinski definition) is 4. The van der Waals surface area contributed by atoms with E-state index in [0.717, 1.165) is 10.8 Å². The van der Waals surface area contributed by atoms with Crippen LogP contribution in [0, 0.1) is 17.5 Å². The second-order valence-electron chi connectivity index (χ2n) is 7.17. The van der Waals surface area contributed by atoms with Crippen LogP contribution in [0.2, 0.25) is 0 Å². The molecule has 0 spiro atoms. The predicted octanol–water partition coefficient (Wildman–Crippen LogP) is 2.53. The first-order valence-electron chi connectivity index (χ1n) is 9.34. The molecule has 0 unspecified atom stereocenters. The zero-order valence-corrected chi connectivity index (χ0v) is 18.2. The number of hydrogen-bond donors (Lipinski definition) is 2. The van der Waals surface area contributed by atoms with Crippen LogP contribution in [-0.2, 0) is 35.3 Å². The van der Waals surface area contributed by atoms with Crippen molar-refractivity contribution >= 4 is 24.2 Å². The molecule has 2 heterocycles. The number of rotatable bonds is 4. The zero-order chi connectivity index (χ0) is 24.2. The summed E-state index contributed by atoms with van der Waals surface area (Å²) in [7, 11) is 0. The molecular formula is C19H22ClF6N5O2. The van der Waals surface area contributed by atoms with E-state index in [0.29, 0.717) is 12.1 Å². The van der Waals surface area contributed by atoms with Gasteiger partial charge in [-0.25, -0.2) is 18.2 Å². The third kappa shape index (κ3) is 7.63. The maximum Gasteiger partial charge on any atom is 0.449 e. The van der Waals surface area contributed by atoms with E-state index in [1.807, 2.05) is 0 Å². The highest BCUT2D eigenvalue weighted by molar-refractivity contribution is 5.85. The van der Waals surface area contributed by atoms with E-state index in [1.165, 1.54) is 11.8 Å². The summed E-state index contributed by atoms with van der Waals surface area (Å²) in [5.74, 6) is -5.30. The summed E-state index contributed by atoms with van der Waals surface area (Å²) < 4.78 is 79.5. The smallest absolute Gasteiger partial charge is 0.370 e. The Morgan fingerprint density at radius 1 is 1.12 bits per heavy atom. The number of alkyl halides is 3. The summed E-state index contributed by atoms with van der Waals surface area (Å²) in [6.45, 7) is 1.22. The van der Waals surface area contributed by atoms with Gasteiger partial charge in [-0.05, 0) is 18.1 Å². The molecule has 0 fully saturated rings. The molecule has 0 aliphatic carbocycles. The number of imidazole rings is 1. The molecule has 14 heteroatoms. The fourth-order valence-corrected chi connectivity index (χ4v) is 3.15. The van der Waals surface area contributed by atoms with E-state index in [4.69, 9.17) is 5.73 Å². The van der Waals surface area contributed by atoms with Gasteiger partial charge >= 0.3 is 6.18 Å². The number of benzene rings is 1. The Balaban J connectivity index is 0.00000101. The van der Waals surface area contributed by atoms with Crippen molar-refractivity contribution in [3.8, 4) is 0 Å². The van der Waals surface area contributed by atoms with Crippen molar-refractivity contribution in [3.63, 3.8) is 0 Å². The molecule has 0 radical (unpaired) electrons. The Kier molecular flexibility index (Phi) is 9.72. The quantitative estimate of drug-likeness (QED) is 0.496. The molecular weight excluding hydrogens is 480 g/mol. The first-order chi connectivity index (χ1) is 14.8. The summed E-state index contributed by atoms with van der Waals surface area (Å²) >= 11 is 0. The number of aromatic nitrogens is 2. The zero-order valence-electron chi connectivity index (χ0n) is 17.3. The van der Waals surface area contributed by atoms with Gasteiger partial charge in [0.15, 0.2) is 11.6 Å². The van der Waals surface area contributed by atoms with Crippen LogP contribution in [0.25, 0.3) is 0 Å². The molecule has 2 amide bonds. The van der Waals surface area contributed by atoms with Crippen LogP contribution in [0.1, 0.15) is 30.4 Å². The van der Waals surface area contributed by atoms with Crippen LogP contribution in [0.5, 0.6) is 0 Å². The number of fused-ring (bicyclic) bond motifs is 1. The maximum absolute atomic E-state index is 13.7. The van der Waals surface area contributed by atoms with Crippen molar-refractivity contribution in [3.05, 3.63) is 52.9 Å². The standard InChI is InChI=1S/C17H16F6N4O.C2H5NO.ClH/c18-12-6-14(20)13(19)4-9(12)3-10(24)5-15(28)26-1-2-27-11(8-26)7-25-16(27)17(21,22)23;1-2(3)4;/h4,6-7,10H,1-3,5,8,24H2;1H3,(H2,3,4);1H/t10-;;/m1../s1. The van der Waals surface area contributed by atoms with Gasteiger partial charge < -0.3 is 20.9 Å². The monoisotopic (exact) mass is 501 g/mol. The third-order valence-corrected chi connectivity index (χ3v) is 4.50. The minimum Gasteiger partial charge on any atom is -0.370 e. The van der Waals surface area contributed by atoms with E-state index in [2.05, 4.69) is 10.7 Å². The number of halogens is 7. The van der Waals surface area contributed by atoms with Gasteiger partial charge in [-0.3, -0.25) is 9.59 Å². The summed E-state index contributed by atoms with van der Waals surface area (Å²) in [5.41, 5.74) is 10.4. The summed E-state index contributed by atoms with van der Waals surface area (Å²) in [6.07, 6.45) is -3.93. The Morgan fingerprint density at radius 2 is 1.70 bits per heavy atom. The minimum absolute atomic E-state index is 0. The number of carbonyl (C=O) groups is 2. The first kappa shape index (κ1) is 28.2. The second kappa shape index (κ2) is 11.4. The fraction of sp³-hybridized carbons (Fsp3) is 0.421. The molecule has 4 N–H and O–H groups in total. The SMILES string of the molecule is CC(N)=O.Cl.N[C@@H](CC(=O)N1CCn2c(cnc2C(F)(F)F)C1)Cc1cc(F)c(F)cc1F. The molecule has 0 bridgehead atoms. The Morgan fingerprint density at radius 3 is 2.27 bits per heavy atom. The van der Waals surface area contributed by atoms with Crippen molar-refractivity contribution in [2.24, 2.45) is 11.5 Å². The van der Waals surface area contributed by atoms with E-state index in [-0.39, 0.29) is 62.0 Å². The predicted molar refractivity (Wildman–Crippen MR) is 107 cm³/mol. The molecule has 1 aromatic heterocycles. The molecule has 184 valence electrons. The molecule has 7 nitrogen and oxygen atoms in total. The van der Waals surface area contributed by atoms with Crippen LogP contribution < -0.4 is 11.5 Å². The highest BCUT2D eigenvalue weighted by atomic mass is 35.5. The highest BCUT2D eigenvalue weighted by Gasteiger charge is 2.38. The van der Waals surface area contributed by atoms with Crippen LogP contribution in [0.3, 0.4) is 0 Å². The number of nitrogens with two attached hydrogens (primary N) is 2. The Hall–Kier alpha value is -2.80. The molecule has 0 saturated carbocycles. The highest BCUT2D eigenvalue weighted by Crippen LogP contribution is 2.30. The molecule has 1 atom stereocenters. The van der Waals surface area contributed by atoms with Crippen molar-refractivity contribution in [2.75, 3.05) is 6.54 Å². The molecule has 2 aromatic rings. The lowest BCUT2D eigenvalue weighted by atomic mass is 10.0. The number of nitrogens with zero attached hydrogens (tertiary/aromatic N) is 3. The topological polar surface area (TPSA) is 107 Å². The second-order valence-corrected chi connectivity index (χ2v) is 7.17. The largest absolute Gasteiger partial charge is 0.449 e. The lowest BCUT2D eigenvalue weighted by molar-refractivity contribution is -0.148. The molecule has 33 heavy (non-hydrogen) atoms. The fourth-order valence-electron chi connectivity index (χ4n) is 3.15. The lowest BCUT2D eigenvalue weighted by Crippen LogP contribution is -2.41. The normalized spacial score (nSPS) is 13.9. The van der Waals surface area contributed by atoms with Crippen molar-refractivity contribution in [1.29, 1.82) is 0 Å². The van der Waals surface area contributed by atoms with E-state index >= 15 is 0 Å². The number of primary amides is 1. The van der Waals surface area contributed by atoms with Crippen molar-refractivity contribution < 1.29 is 35.9 Å². The summed E-state index contributed by atoms with van der Waals surface area (Å²) in [4.78, 5) is 26.3. The van der Waals surface area contributed by atoms with Crippen LogP contribution in [-0.4, -0.2) is 38.9 Å². The average Bonchev–Trinajstić information content (AvgIpc) is 3.09. The minimum atomic E-state index is -4.58. The van der Waals surface area contributed by atoms with Gasteiger partial charge in [0.1, 0.15) is 5.82 Å². The van der Waals surface area contributed by atoms with Crippen LogP contribution in [0.4, 0.5) is 26.3 Å². The Labute approximate surface area is 191 Å².